The molecule has 0 unspecified atom stereocenters. The Hall–Kier alpha value is -3.55. The summed E-state index contributed by atoms with van der Waals surface area (Å²) in [5.41, 5.74) is -0.366. The Morgan fingerprint density at radius 3 is 2.60 bits per heavy atom. The highest BCUT2D eigenvalue weighted by molar-refractivity contribution is 8.18. The third-order valence-corrected chi connectivity index (χ3v) is 8.13. The number of halogens is 4. The molecular formula is C29H28ClF3N4O5S. The first-order valence-corrected chi connectivity index (χ1v) is 14.5. The van der Waals surface area contributed by atoms with Crippen molar-refractivity contribution >= 4 is 57.6 Å². The van der Waals surface area contributed by atoms with Gasteiger partial charge in [0.1, 0.15) is 5.60 Å². The van der Waals surface area contributed by atoms with E-state index in [0.29, 0.717) is 16.5 Å². The van der Waals surface area contributed by atoms with Crippen molar-refractivity contribution in [3.05, 3.63) is 69.2 Å². The third kappa shape index (κ3) is 6.68. The van der Waals surface area contributed by atoms with Gasteiger partial charge >= 0.3 is 12.3 Å². The molecule has 1 aromatic heterocycles. The molecular weight excluding hydrogens is 609 g/mol. The highest BCUT2D eigenvalue weighted by Crippen LogP contribution is 2.37. The zero-order valence-corrected chi connectivity index (χ0v) is 25.0. The molecule has 0 radical (unpaired) electrons. The van der Waals surface area contributed by atoms with Crippen LogP contribution in [0.4, 0.5) is 22.8 Å². The van der Waals surface area contributed by atoms with Crippen LogP contribution >= 0.6 is 23.4 Å². The van der Waals surface area contributed by atoms with Crippen LogP contribution in [0.1, 0.15) is 43.9 Å². The zero-order chi connectivity index (χ0) is 31.3. The average molecular weight is 637 g/mol. The summed E-state index contributed by atoms with van der Waals surface area (Å²) >= 11 is 6.54. The molecule has 2 aromatic carbocycles. The number of rotatable bonds is 4. The van der Waals surface area contributed by atoms with Crippen LogP contribution in [0.5, 0.6) is 0 Å². The van der Waals surface area contributed by atoms with Gasteiger partial charge in [-0.05, 0) is 80.4 Å². The second-order valence-electron chi connectivity index (χ2n) is 11.3. The summed E-state index contributed by atoms with van der Waals surface area (Å²) in [4.78, 5) is 41.1. The Morgan fingerprint density at radius 2 is 1.93 bits per heavy atom. The number of nitrogens with zero attached hydrogens (tertiary/aromatic N) is 4. The van der Waals surface area contributed by atoms with Gasteiger partial charge in [-0.3, -0.25) is 19.2 Å². The number of amides is 3. The number of aliphatic hydroxyl groups is 1. The van der Waals surface area contributed by atoms with Gasteiger partial charge in [0.2, 0.25) is 0 Å². The second-order valence-corrected chi connectivity index (χ2v) is 12.8. The summed E-state index contributed by atoms with van der Waals surface area (Å²) in [6.07, 6.45) is -3.05. The lowest BCUT2D eigenvalue weighted by atomic mass is 10.0. The summed E-state index contributed by atoms with van der Waals surface area (Å²) in [6.45, 7) is 5.19. The molecule has 43 heavy (non-hydrogen) atoms. The minimum absolute atomic E-state index is 0.0127. The van der Waals surface area contributed by atoms with Crippen molar-refractivity contribution in [2.75, 3.05) is 13.1 Å². The minimum Gasteiger partial charge on any atom is -0.444 e. The maximum Gasteiger partial charge on any atom is 0.416 e. The third-order valence-electron chi connectivity index (χ3n) is 7.01. The van der Waals surface area contributed by atoms with Gasteiger partial charge in [-0.15, -0.1) is 0 Å². The quantitative estimate of drug-likeness (QED) is 0.342. The molecule has 14 heteroatoms. The van der Waals surface area contributed by atoms with Gasteiger partial charge in [0, 0.05) is 17.0 Å². The van der Waals surface area contributed by atoms with Crippen molar-refractivity contribution in [3.8, 4) is 0 Å². The molecule has 3 aromatic rings. The molecule has 2 atom stereocenters. The fourth-order valence-electron chi connectivity index (χ4n) is 5.06. The number of piperidine rings is 1. The van der Waals surface area contributed by atoms with Gasteiger partial charge in [-0.1, -0.05) is 23.7 Å². The van der Waals surface area contributed by atoms with Gasteiger partial charge in [0.15, 0.2) is 0 Å². The molecule has 2 fully saturated rings. The number of β-amino-alcohol motifs (C(OH)–C–C–N with tert-alkyl or cyclic N) is 1. The van der Waals surface area contributed by atoms with Gasteiger partial charge in [0.05, 0.1) is 47.4 Å². The van der Waals surface area contributed by atoms with Crippen molar-refractivity contribution in [2.45, 2.75) is 57.7 Å². The number of ether oxygens (including phenoxy) is 1. The summed E-state index contributed by atoms with van der Waals surface area (Å²) in [5, 5.41) is 15.1. The van der Waals surface area contributed by atoms with Gasteiger partial charge in [0.25, 0.3) is 11.1 Å². The SMILES string of the molecule is CC(C)(C)OC(=O)N1CC[C@@H](N2C(=O)SC(=Cc3ccc4c(cnn4Cc4ccc(Cl)cc4C(F)(F)F)c3)C2=O)[C@H](O)C1. The lowest BCUT2D eigenvalue weighted by molar-refractivity contribution is -0.138. The van der Waals surface area contributed by atoms with E-state index >= 15 is 0 Å². The first-order chi connectivity index (χ1) is 20.1. The topological polar surface area (TPSA) is 105 Å². The van der Waals surface area contributed by atoms with Crippen LogP contribution in [0.2, 0.25) is 5.02 Å². The first-order valence-electron chi connectivity index (χ1n) is 13.3. The van der Waals surface area contributed by atoms with Crippen LogP contribution in [-0.4, -0.2) is 72.8 Å². The van der Waals surface area contributed by atoms with Gasteiger partial charge in [-0.25, -0.2) is 4.79 Å². The maximum absolute atomic E-state index is 13.6. The van der Waals surface area contributed by atoms with Crippen LogP contribution < -0.4 is 0 Å². The van der Waals surface area contributed by atoms with Crippen LogP contribution in [0.3, 0.4) is 0 Å². The fraction of sp³-hybridized carbons (Fsp3) is 0.379. The van der Waals surface area contributed by atoms with Crippen molar-refractivity contribution in [1.82, 2.24) is 19.6 Å². The summed E-state index contributed by atoms with van der Waals surface area (Å²) < 4.78 is 47.5. The lowest BCUT2D eigenvalue weighted by Crippen LogP contribution is -2.57. The Labute approximate surface area is 254 Å². The molecule has 0 saturated carbocycles. The number of likely N-dealkylation sites (tertiary alicyclic amines) is 1. The molecule has 2 aliphatic heterocycles. The van der Waals surface area contributed by atoms with E-state index in [1.54, 1.807) is 45.0 Å². The monoisotopic (exact) mass is 636 g/mol. The average Bonchev–Trinajstić information content (AvgIpc) is 3.42. The van der Waals surface area contributed by atoms with E-state index in [4.69, 9.17) is 16.3 Å². The number of benzene rings is 2. The summed E-state index contributed by atoms with van der Waals surface area (Å²) in [5.74, 6) is -0.553. The number of aliphatic hydroxyl groups excluding tert-OH is 1. The molecule has 228 valence electrons. The predicted molar refractivity (Wildman–Crippen MR) is 155 cm³/mol. The maximum atomic E-state index is 13.6. The summed E-state index contributed by atoms with van der Waals surface area (Å²) in [6, 6.07) is 7.87. The molecule has 5 rings (SSSR count). The molecule has 3 heterocycles. The normalized spacial score (nSPS) is 20.9. The Kier molecular flexibility index (Phi) is 8.27. The molecule has 9 nitrogen and oxygen atoms in total. The van der Waals surface area contributed by atoms with E-state index in [1.807, 2.05) is 0 Å². The number of hydrogen-bond acceptors (Lipinski definition) is 7. The number of imide groups is 1. The van der Waals surface area contributed by atoms with Gasteiger partial charge in [-0.2, -0.15) is 18.3 Å². The van der Waals surface area contributed by atoms with Crippen molar-refractivity contribution in [2.24, 2.45) is 0 Å². The summed E-state index contributed by atoms with van der Waals surface area (Å²) in [7, 11) is 0. The van der Waals surface area contributed by atoms with Crippen LogP contribution in [-0.2, 0) is 22.3 Å². The number of fused-ring (bicyclic) bond motifs is 1. The molecule has 1 N–H and O–H groups in total. The number of alkyl halides is 3. The standard InChI is InChI=1S/C29H28ClF3N4O5S/c1-28(2,3)42-26(40)35-9-8-22(23(38)15-35)37-25(39)24(43-27(37)41)11-16-4-7-21-18(10-16)13-34-36(21)14-17-5-6-19(30)12-20(17)29(31,32)33/h4-7,10-13,22-23,38H,8-9,14-15H2,1-3H3/t22-,23-/m1/s1. The molecule has 2 saturated heterocycles. The van der Waals surface area contributed by atoms with Crippen LogP contribution in [0, 0.1) is 0 Å². The van der Waals surface area contributed by atoms with E-state index in [0.717, 1.165) is 22.7 Å². The second kappa shape index (κ2) is 11.5. The molecule has 0 spiro atoms. The molecule has 2 aliphatic rings. The predicted octanol–water partition coefficient (Wildman–Crippen LogP) is 6.16. The number of thioether (sulfide) groups is 1. The van der Waals surface area contributed by atoms with Crippen LogP contribution in [0.25, 0.3) is 17.0 Å². The Bertz CT molecular complexity index is 1630. The number of carbonyl (C=O) groups is 3. The van der Waals surface area contributed by atoms with E-state index in [-0.39, 0.29) is 41.5 Å². The Balaban J connectivity index is 1.31. The molecule has 0 aliphatic carbocycles. The van der Waals surface area contributed by atoms with Crippen LogP contribution in [0.15, 0.2) is 47.5 Å². The lowest BCUT2D eigenvalue weighted by Gasteiger charge is -2.39. The van der Waals surface area contributed by atoms with E-state index < -0.39 is 46.7 Å². The zero-order valence-electron chi connectivity index (χ0n) is 23.4. The minimum atomic E-state index is -4.58. The number of hydrogen-bond donors (Lipinski definition) is 1. The van der Waals surface area contributed by atoms with Crippen molar-refractivity contribution < 1.29 is 37.4 Å². The number of aromatic nitrogens is 2. The van der Waals surface area contributed by atoms with Gasteiger partial charge < -0.3 is 14.7 Å². The smallest absolute Gasteiger partial charge is 0.416 e. The molecule has 0 bridgehead atoms. The van der Waals surface area contributed by atoms with Crippen molar-refractivity contribution in [3.63, 3.8) is 0 Å². The fourth-order valence-corrected chi connectivity index (χ4v) is 6.12. The molecule has 3 amide bonds. The highest BCUT2D eigenvalue weighted by atomic mass is 35.5. The van der Waals surface area contributed by atoms with E-state index in [1.165, 1.54) is 27.9 Å². The number of carbonyl (C=O) groups excluding carboxylic acids is 3. The largest absolute Gasteiger partial charge is 0.444 e. The highest BCUT2D eigenvalue weighted by Gasteiger charge is 2.45. The van der Waals surface area contributed by atoms with E-state index in [9.17, 15) is 32.7 Å². The first kappa shape index (κ1) is 30.9. The van der Waals surface area contributed by atoms with Crippen molar-refractivity contribution in [1.29, 1.82) is 0 Å². The Morgan fingerprint density at radius 1 is 1.19 bits per heavy atom. The van der Waals surface area contributed by atoms with E-state index in [2.05, 4.69) is 5.10 Å².